The molecule has 1 fully saturated rings. The quantitative estimate of drug-likeness (QED) is 0.805. The molecule has 1 saturated carbocycles. The molecule has 84 valence electrons. The summed E-state index contributed by atoms with van der Waals surface area (Å²) in [5.41, 5.74) is 7.53. The summed E-state index contributed by atoms with van der Waals surface area (Å²) in [6.07, 6.45) is 4.97. The van der Waals surface area contributed by atoms with Gasteiger partial charge >= 0.3 is 0 Å². The molecule has 0 aliphatic heterocycles. The fourth-order valence-electron chi connectivity index (χ4n) is 2.23. The molecule has 0 bridgehead atoms. The summed E-state index contributed by atoms with van der Waals surface area (Å²) in [4.78, 5) is 0. The van der Waals surface area contributed by atoms with Crippen molar-refractivity contribution in [3.8, 4) is 0 Å². The van der Waals surface area contributed by atoms with E-state index in [2.05, 4.69) is 10.3 Å². The Labute approximate surface area is 89.6 Å². The second kappa shape index (κ2) is 4.72. The van der Waals surface area contributed by atoms with Crippen LogP contribution >= 0.6 is 0 Å². The van der Waals surface area contributed by atoms with Gasteiger partial charge in [-0.1, -0.05) is 18.1 Å². The van der Waals surface area contributed by atoms with Crippen LogP contribution in [0, 0.1) is 0 Å². The average Bonchev–Trinajstić information content (AvgIpc) is 2.85. The van der Waals surface area contributed by atoms with Crippen LogP contribution < -0.4 is 5.73 Å². The van der Waals surface area contributed by atoms with Crippen LogP contribution in [0.5, 0.6) is 0 Å². The predicted octanol–water partition coefficient (Wildman–Crippen LogP) is 0.998. The van der Waals surface area contributed by atoms with Gasteiger partial charge in [0.1, 0.15) is 5.69 Å². The van der Waals surface area contributed by atoms with Gasteiger partial charge in [0.25, 0.3) is 0 Å². The maximum Gasteiger partial charge on any atom is 0.102 e. The van der Waals surface area contributed by atoms with Crippen molar-refractivity contribution in [1.82, 2.24) is 15.0 Å². The van der Waals surface area contributed by atoms with Gasteiger partial charge in [-0.05, 0) is 12.8 Å². The summed E-state index contributed by atoms with van der Waals surface area (Å²) in [6, 6.07) is 0.503. The van der Waals surface area contributed by atoms with Crippen LogP contribution in [0.3, 0.4) is 0 Å². The molecule has 1 heterocycles. The van der Waals surface area contributed by atoms with E-state index in [1.807, 2.05) is 4.68 Å². The molecule has 0 spiro atoms. The second-order valence-corrected chi connectivity index (χ2v) is 4.00. The number of rotatable bonds is 4. The SMILES string of the molecule is COCc1c(CN)nnn1C1CCCC1. The lowest BCUT2D eigenvalue weighted by Gasteiger charge is -2.12. The van der Waals surface area contributed by atoms with Gasteiger partial charge in [0.15, 0.2) is 0 Å². The number of hydrogen-bond donors (Lipinski definition) is 1. The van der Waals surface area contributed by atoms with Gasteiger partial charge in [-0.15, -0.1) is 5.10 Å². The Hall–Kier alpha value is -0.940. The Morgan fingerprint density at radius 3 is 2.80 bits per heavy atom. The van der Waals surface area contributed by atoms with E-state index >= 15 is 0 Å². The second-order valence-electron chi connectivity index (χ2n) is 4.00. The van der Waals surface area contributed by atoms with E-state index in [9.17, 15) is 0 Å². The number of methoxy groups -OCH3 is 1. The fraction of sp³-hybridized carbons (Fsp3) is 0.800. The van der Waals surface area contributed by atoms with E-state index in [4.69, 9.17) is 10.5 Å². The summed E-state index contributed by atoms with van der Waals surface area (Å²) < 4.78 is 7.19. The molecule has 1 aromatic rings. The zero-order chi connectivity index (χ0) is 10.7. The maximum absolute atomic E-state index is 5.62. The highest BCUT2D eigenvalue weighted by atomic mass is 16.5. The Morgan fingerprint density at radius 2 is 2.20 bits per heavy atom. The molecule has 0 unspecified atom stereocenters. The molecular weight excluding hydrogens is 192 g/mol. The van der Waals surface area contributed by atoms with Crippen molar-refractivity contribution in [3.05, 3.63) is 11.4 Å². The summed E-state index contributed by atoms with van der Waals surface area (Å²) in [6.45, 7) is 0.988. The molecule has 0 radical (unpaired) electrons. The van der Waals surface area contributed by atoms with E-state index in [1.54, 1.807) is 7.11 Å². The number of hydrogen-bond acceptors (Lipinski definition) is 4. The Morgan fingerprint density at radius 1 is 1.47 bits per heavy atom. The van der Waals surface area contributed by atoms with Crippen molar-refractivity contribution < 1.29 is 4.74 Å². The molecule has 1 aliphatic rings. The minimum Gasteiger partial charge on any atom is -0.378 e. The van der Waals surface area contributed by atoms with Crippen molar-refractivity contribution >= 4 is 0 Å². The zero-order valence-electron chi connectivity index (χ0n) is 9.15. The lowest BCUT2D eigenvalue weighted by atomic mass is 10.2. The third-order valence-corrected chi connectivity index (χ3v) is 3.02. The van der Waals surface area contributed by atoms with Crippen molar-refractivity contribution in [3.63, 3.8) is 0 Å². The first-order valence-electron chi connectivity index (χ1n) is 5.48. The zero-order valence-corrected chi connectivity index (χ0v) is 9.15. The molecule has 0 saturated heterocycles. The van der Waals surface area contributed by atoms with Crippen molar-refractivity contribution in [2.75, 3.05) is 7.11 Å². The van der Waals surface area contributed by atoms with E-state index in [-0.39, 0.29) is 0 Å². The van der Waals surface area contributed by atoms with Gasteiger partial charge in [-0.2, -0.15) is 0 Å². The summed E-state index contributed by atoms with van der Waals surface area (Å²) in [5, 5.41) is 8.30. The Bertz CT molecular complexity index is 317. The van der Waals surface area contributed by atoms with Crippen LogP contribution in [0.2, 0.25) is 0 Å². The Balaban J connectivity index is 2.24. The van der Waals surface area contributed by atoms with Gasteiger partial charge in [0.2, 0.25) is 0 Å². The van der Waals surface area contributed by atoms with Gasteiger partial charge in [0.05, 0.1) is 18.3 Å². The highest BCUT2D eigenvalue weighted by Gasteiger charge is 2.22. The summed E-state index contributed by atoms with van der Waals surface area (Å²) in [5.74, 6) is 0. The first-order chi connectivity index (χ1) is 7.36. The van der Waals surface area contributed by atoms with Crippen LogP contribution in [-0.4, -0.2) is 22.1 Å². The van der Waals surface area contributed by atoms with E-state index < -0.39 is 0 Å². The highest BCUT2D eigenvalue weighted by molar-refractivity contribution is 5.10. The van der Waals surface area contributed by atoms with Gasteiger partial charge in [-0.3, -0.25) is 0 Å². The van der Waals surface area contributed by atoms with Crippen LogP contribution in [-0.2, 0) is 17.9 Å². The molecule has 2 rings (SSSR count). The molecule has 0 aromatic carbocycles. The molecule has 0 atom stereocenters. The lowest BCUT2D eigenvalue weighted by Crippen LogP contribution is -2.12. The smallest absolute Gasteiger partial charge is 0.102 e. The molecule has 2 N–H and O–H groups in total. The molecular formula is C10H18N4O. The molecule has 5 nitrogen and oxygen atoms in total. The highest BCUT2D eigenvalue weighted by Crippen LogP contribution is 2.30. The standard InChI is InChI=1S/C10H18N4O/c1-15-7-10-9(6-11)12-13-14(10)8-4-2-3-5-8/h8H,2-7,11H2,1H3. The molecule has 15 heavy (non-hydrogen) atoms. The molecule has 0 amide bonds. The van der Waals surface area contributed by atoms with Crippen LogP contribution in [0.4, 0.5) is 0 Å². The topological polar surface area (TPSA) is 66.0 Å². The first kappa shape index (κ1) is 10.6. The largest absolute Gasteiger partial charge is 0.378 e. The third-order valence-electron chi connectivity index (χ3n) is 3.02. The number of nitrogens with zero attached hydrogens (tertiary/aromatic N) is 3. The van der Waals surface area contributed by atoms with Crippen LogP contribution in [0.1, 0.15) is 43.1 Å². The number of nitrogens with two attached hydrogens (primary N) is 1. The Kier molecular flexibility index (Phi) is 3.33. The van der Waals surface area contributed by atoms with Gasteiger partial charge in [0, 0.05) is 13.7 Å². The monoisotopic (exact) mass is 210 g/mol. The minimum absolute atomic E-state index is 0.436. The van der Waals surface area contributed by atoms with Crippen molar-refractivity contribution in [2.45, 2.75) is 44.9 Å². The number of aromatic nitrogens is 3. The maximum atomic E-state index is 5.62. The third kappa shape index (κ3) is 2.03. The van der Waals surface area contributed by atoms with E-state index in [0.29, 0.717) is 19.2 Å². The predicted molar refractivity (Wildman–Crippen MR) is 56.1 cm³/mol. The van der Waals surface area contributed by atoms with E-state index in [0.717, 1.165) is 11.4 Å². The molecule has 5 heteroatoms. The average molecular weight is 210 g/mol. The fourth-order valence-corrected chi connectivity index (χ4v) is 2.23. The molecule has 1 aromatic heterocycles. The van der Waals surface area contributed by atoms with Gasteiger partial charge < -0.3 is 10.5 Å². The van der Waals surface area contributed by atoms with Crippen LogP contribution in [0.15, 0.2) is 0 Å². The van der Waals surface area contributed by atoms with Crippen molar-refractivity contribution in [1.29, 1.82) is 0 Å². The summed E-state index contributed by atoms with van der Waals surface area (Å²) in [7, 11) is 1.69. The first-order valence-corrected chi connectivity index (χ1v) is 5.48. The van der Waals surface area contributed by atoms with Crippen molar-refractivity contribution in [2.24, 2.45) is 5.73 Å². The van der Waals surface area contributed by atoms with Crippen LogP contribution in [0.25, 0.3) is 0 Å². The number of ether oxygens (including phenoxy) is 1. The summed E-state index contributed by atoms with van der Waals surface area (Å²) >= 11 is 0. The normalized spacial score (nSPS) is 17.5. The molecule has 1 aliphatic carbocycles. The van der Waals surface area contributed by atoms with Gasteiger partial charge in [-0.25, -0.2) is 4.68 Å². The minimum atomic E-state index is 0.436. The lowest BCUT2D eigenvalue weighted by molar-refractivity contribution is 0.173. The van der Waals surface area contributed by atoms with E-state index in [1.165, 1.54) is 25.7 Å².